The molecule has 3 rings (SSSR count). The quantitative estimate of drug-likeness (QED) is 0.00889. The Morgan fingerprint density at radius 3 is 1.03 bits per heavy atom. The van der Waals surface area contributed by atoms with Crippen LogP contribution in [0.2, 0.25) is 0 Å². The fraction of sp³-hybridized carbons (Fsp3) is 0.911. The van der Waals surface area contributed by atoms with Crippen molar-refractivity contribution in [1.82, 2.24) is 0 Å². The Morgan fingerprint density at radius 2 is 0.647 bits per heavy atom. The van der Waals surface area contributed by atoms with Crippen molar-refractivity contribution in [2.24, 2.45) is 0 Å². The molecule has 0 amide bonds. The van der Waals surface area contributed by atoms with Gasteiger partial charge in [0.1, 0.15) is 92.6 Å². The molecule has 0 aromatic heterocycles. The molecule has 25 nitrogen and oxygen atoms in total. The third kappa shape index (κ3) is 49.3. The van der Waals surface area contributed by atoms with Crippen LogP contribution in [-0.2, 0) is 70.7 Å². The smallest absolute Gasteiger partial charge is 0.463 e. The lowest BCUT2D eigenvalue weighted by Gasteiger charge is -2.50. The Morgan fingerprint density at radius 1 is 0.336 bits per heavy atom. The van der Waals surface area contributed by atoms with Crippen LogP contribution < -0.4 is 0 Å². The predicted molar refractivity (Wildman–Crippen MR) is 449 cm³/mol. The summed E-state index contributed by atoms with van der Waals surface area (Å²) in [6.45, 7) is 5.56. The van der Waals surface area contributed by atoms with Gasteiger partial charge in [0.25, 0.3) is 0 Å². The van der Waals surface area contributed by atoms with Crippen LogP contribution in [0.3, 0.4) is 0 Å². The highest BCUT2D eigenvalue weighted by molar-refractivity contribution is 7.47. The fourth-order valence-corrected chi connectivity index (χ4v) is 16.2. The van der Waals surface area contributed by atoms with Gasteiger partial charge in [-0.25, -0.2) is 4.57 Å². The molecule has 116 heavy (non-hydrogen) atoms. The summed E-state index contributed by atoms with van der Waals surface area (Å²) in [5.41, 5.74) is 0. The van der Waals surface area contributed by atoms with E-state index < -0.39 is 162 Å². The number of allylic oxidation sites excluding steroid dienone is 4. The van der Waals surface area contributed by atoms with Crippen molar-refractivity contribution >= 4 is 31.7 Å². The maximum absolute atomic E-state index is 14.9. The van der Waals surface area contributed by atoms with E-state index in [0.717, 1.165) is 122 Å². The first-order valence-electron chi connectivity index (χ1n) is 46.6. The minimum Gasteiger partial charge on any atom is -0.463 e. The van der Waals surface area contributed by atoms with Gasteiger partial charge in [-0.1, -0.05) is 315 Å². The molecule has 680 valence electrons. The van der Waals surface area contributed by atoms with E-state index in [1.807, 2.05) is 0 Å². The van der Waals surface area contributed by atoms with Gasteiger partial charge in [-0.15, -0.1) is 0 Å². The van der Waals surface area contributed by atoms with Crippen molar-refractivity contribution < 1.29 is 122 Å². The van der Waals surface area contributed by atoms with E-state index >= 15 is 0 Å². The molecule has 0 bridgehead atoms. The van der Waals surface area contributed by atoms with Crippen molar-refractivity contribution in [3.63, 3.8) is 0 Å². The number of carbonyl (C=O) groups excluding carboxylic acids is 4. The van der Waals surface area contributed by atoms with Crippen molar-refractivity contribution in [3.05, 3.63) is 24.3 Å². The number of unbranched alkanes of at least 4 members (excludes halogenated alkanes) is 47. The molecule has 26 heteroatoms. The van der Waals surface area contributed by atoms with Gasteiger partial charge in [0.2, 0.25) is 0 Å². The van der Waals surface area contributed by atoms with Crippen LogP contribution >= 0.6 is 7.82 Å². The Hall–Kier alpha value is -3.05. The summed E-state index contributed by atoms with van der Waals surface area (Å²) in [7, 11) is -5.81. The molecule has 2 heterocycles. The third-order valence-electron chi connectivity index (χ3n) is 22.7. The fourth-order valence-electron chi connectivity index (χ4n) is 15.2. The largest absolute Gasteiger partial charge is 0.472 e. The molecule has 1 saturated carbocycles. The number of phosphoric acid groups is 1. The van der Waals surface area contributed by atoms with Gasteiger partial charge >= 0.3 is 31.7 Å². The van der Waals surface area contributed by atoms with Gasteiger partial charge in [-0.2, -0.15) is 0 Å². The van der Waals surface area contributed by atoms with Gasteiger partial charge in [-0.3, -0.25) is 28.2 Å². The molecular formula is C90H165O25P. The summed E-state index contributed by atoms with van der Waals surface area (Å²) in [5, 5.41) is 102. The van der Waals surface area contributed by atoms with E-state index in [1.165, 1.54) is 180 Å². The number of phosphoric ester groups is 1. The average Bonchev–Trinajstić information content (AvgIpc) is 0.754. The molecule has 0 spiro atoms. The normalized spacial score (nSPS) is 25.2. The van der Waals surface area contributed by atoms with E-state index in [9.17, 15) is 74.6 Å². The summed E-state index contributed by atoms with van der Waals surface area (Å²) in [6, 6.07) is 0. The van der Waals surface area contributed by atoms with Crippen molar-refractivity contribution in [2.45, 2.75) is 498 Å². The van der Waals surface area contributed by atoms with Crippen LogP contribution in [0, 0.1) is 0 Å². The van der Waals surface area contributed by atoms with Crippen LogP contribution in [-0.4, -0.2) is 205 Å². The maximum Gasteiger partial charge on any atom is 0.472 e. The monoisotopic (exact) mass is 1680 g/mol. The Bertz CT molecular complexity index is 2510. The van der Waals surface area contributed by atoms with Crippen LogP contribution in [0.25, 0.3) is 0 Å². The number of hydrogen-bond donors (Lipinski definition) is 10. The highest BCUT2D eigenvalue weighted by Crippen LogP contribution is 2.49. The van der Waals surface area contributed by atoms with Gasteiger partial charge in [0.05, 0.1) is 13.2 Å². The van der Waals surface area contributed by atoms with Gasteiger partial charge in [-0.05, 0) is 77.0 Å². The van der Waals surface area contributed by atoms with E-state index in [4.69, 9.17) is 46.9 Å². The maximum atomic E-state index is 14.9. The molecule has 3 fully saturated rings. The van der Waals surface area contributed by atoms with E-state index in [1.54, 1.807) is 0 Å². The summed E-state index contributed by atoms with van der Waals surface area (Å²) >= 11 is 0. The lowest BCUT2D eigenvalue weighted by molar-refractivity contribution is -0.360. The Labute approximate surface area is 698 Å². The van der Waals surface area contributed by atoms with Crippen molar-refractivity contribution in [1.29, 1.82) is 0 Å². The Kier molecular flexibility index (Phi) is 64.1. The topological polar surface area (TPSA) is 380 Å². The summed E-state index contributed by atoms with van der Waals surface area (Å²) < 4.78 is 73.3. The van der Waals surface area contributed by atoms with Gasteiger partial charge in [0, 0.05) is 25.7 Å². The molecule has 3 aliphatic rings. The lowest BCUT2D eigenvalue weighted by Crippen LogP contribution is -2.70. The van der Waals surface area contributed by atoms with Crippen molar-refractivity contribution in [3.8, 4) is 0 Å². The first-order chi connectivity index (χ1) is 56.2. The number of hydrogen-bond acceptors (Lipinski definition) is 24. The zero-order chi connectivity index (χ0) is 84.7. The number of esters is 4. The third-order valence-corrected chi connectivity index (χ3v) is 23.7. The van der Waals surface area contributed by atoms with Crippen LogP contribution in [0.5, 0.6) is 0 Å². The zero-order valence-electron chi connectivity index (χ0n) is 72.3. The highest BCUT2D eigenvalue weighted by Gasteiger charge is 2.60. The van der Waals surface area contributed by atoms with E-state index in [-0.39, 0.29) is 25.7 Å². The Balaban J connectivity index is 1.93. The second-order valence-corrected chi connectivity index (χ2v) is 34.6. The van der Waals surface area contributed by atoms with E-state index in [2.05, 4.69) is 52.0 Å². The molecule has 18 unspecified atom stereocenters. The molecule has 18 atom stereocenters. The minimum atomic E-state index is -5.81. The molecule has 0 radical (unpaired) electrons. The standard InChI is InChI=1S/C90H165O25P/c1-5-9-13-17-21-25-29-33-35-37-41-45-49-53-57-61-65-76(95)112-85-81(100)82(101)86(113-89-83(102)79(98)77(96)71(66-91)110-89)88(87(85)114-90-84(103)80(99)78(97)72(111-90)69-107-74(93)63-59-55-51-47-43-40-36-34-30-26-22-18-14-10-6-2)115-116(104,105)108-68-70(109-75(94)64-60-56-52-48-44-39-32-28-24-20-16-12-8-4)67-106-73(92)62-58-54-50-46-42-38-31-27-23-19-15-11-7-3/h38-39,42,44,70-72,77-91,96-103H,5-37,40-41,43,45-69H2,1-4H3,(H,104,105)/b42-38-,44-39-. The molecule has 2 aliphatic heterocycles. The van der Waals surface area contributed by atoms with Gasteiger partial charge in [0.15, 0.2) is 24.8 Å². The first-order valence-corrected chi connectivity index (χ1v) is 48.1. The average molecular weight is 1680 g/mol. The molecule has 2 saturated heterocycles. The number of carbonyl (C=O) groups is 4. The first kappa shape index (κ1) is 107. The van der Waals surface area contributed by atoms with Gasteiger partial charge < -0.3 is 88.7 Å². The summed E-state index contributed by atoms with van der Waals surface area (Å²) in [4.78, 5) is 66.4. The lowest BCUT2D eigenvalue weighted by atomic mass is 9.84. The van der Waals surface area contributed by atoms with Crippen LogP contribution in [0.15, 0.2) is 24.3 Å². The van der Waals surface area contributed by atoms with Crippen LogP contribution in [0.1, 0.15) is 394 Å². The molecule has 10 N–H and O–H groups in total. The summed E-state index contributed by atoms with van der Waals surface area (Å²) in [6.07, 6.45) is 29.0. The SMILES string of the molecule is CCCCCCCC/C=C\CCCCCC(=O)OCC(COP(=O)(O)OC1C(OC2OC(CO)C(O)C(O)C2O)C(O)C(O)C(OC(=O)CCCCCCCCCCCCCCCCCC)C1OC1OC(COC(=O)CCCCCCCCCCCCCCCCC)C(O)C(O)C1O)OC(=O)CCCCC/C=C\CCCCCCCC. The van der Waals surface area contributed by atoms with Crippen LogP contribution in [0.4, 0.5) is 0 Å². The summed E-state index contributed by atoms with van der Waals surface area (Å²) in [5.74, 6) is -3.00. The molecule has 0 aromatic carbocycles. The number of aliphatic hydroxyl groups excluding tert-OH is 9. The number of rotatable bonds is 75. The number of aliphatic hydroxyl groups is 9. The zero-order valence-corrected chi connectivity index (χ0v) is 73.2. The predicted octanol–water partition coefficient (Wildman–Crippen LogP) is 16.9. The highest BCUT2D eigenvalue weighted by atomic mass is 31.2. The molecular weight excluding hydrogens is 1510 g/mol. The molecule has 1 aliphatic carbocycles. The molecule has 0 aromatic rings. The van der Waals surface area contributed by atoms with Crippen molar-refractivity contribution in [2.75, 3.05) is 26.4 Å². The van der Waals surface area contributed by atoms with E-state index in [0.29, 0.717) is 38.5 Å². The second kappa shape index (κ2) is 69.4. The number of ether oxygens (including phenoxy) is 8. The second-order valence-electron chi connectivity index (χ2n) is 33.2. The minimum absolute atomic E-state index is 0.0111.